The van der Waals surface area contributed by atoms with Gasteiger partial charge in [0, 0.05) is 39.7 Å². The minimum absolute atomic E-state index is 0.268. The lowest BCUT2D eigenvalue weighted by Gasteiger charge is -2.26. The first-order valence-corrected chi connectivity index (χ1v) is 16.7. The van der Waals surface area contributed by atoms with Crippen molar-refractivity contribution in [3.63, 3.8) is 0 Å². The maximum atomic E-state index is 15.7. The van der Waals surface area contributed by atoms with Gasteiger partial charge in [0.1, 0.15) is 5.82 Å². The van der Waals surface area contributed by atoms with Gasteiger partial charge < -0.3 is 9.80 Å². The molecule has 0 aliphatic rings. The molecule has 0 aliphatic carbocycles. The molecule has 0 amide bonds. The Bertz CT molecular complexity index is 2160. The normalized spacial score (nSPS) is 11.3. The van der Waals surface area contributed by atoms with Crippen molar-refractivity contribution in [2.45, 2.75) is 27.7 Å². The first kappa shape index (κ1) is 31.7. The second-order valence-corrected chi connectivity index (χ2v) is 12.8. The van der Waals surface area contributed by atoms with Gasteiger partial charge >= 0.3 is 0 Å². The quantitative estimate of drug-likeness (QED) is 0.153. The Morgan fingerprint density at radius 2 is 0.735 bits per heavy atom. The zero-order valence-corrected chi connectivity index (χ0v) is 28.4. The van der Waals surface area contributed by atoms with Gasteiger partial charge in [-0.2, -0.15) is 0 Å². The van der Waals surface area contributed by atoms with Crippen molar-refractivity contribution in [2.75, 3.05) is 9.80 Å². The summed E-state index contributed by atoms with van der Waals surface area (Å²) in [4.78, 5) is 4.38. The molecular weight excluding hydrogens is 600 g/mol. The van der Waals surface area contributed by atoms with Gasteiger partial charge in [-0.1, -0.05) is 101 Å². The van der Waals surface area contributed by atoms with Crippen molar-refractivity contribution >= 4 is 57.0 Å². The largest absolute Gasteiger partial charge is 0.310 e. The van der Waals surface area contributed by atoms with E-state index in [1.54, 1.807) is 6.07 Å². The highest BCUT2D eigenvalue weighted by Gasteiger charge is 2.15. The smallest absolute Gasteiger partial charge is 0.132 e. The first-order chi connectivity index (χ1) is 23.8. The van der Waals surface area contributed by atoms with Crippen LogP contribution in [0, 0.1) is 33.5 Å². The lowest BCUT2D eigenvalue weighted by molar-refractivity contribution is 0.625. The molecule has 0 unspecified atom stereocenters. The number of nitrogens with zero attached hydrogens (tertiary/aromatic N) is 2. The van der Waals surface area contributed by atoms with Crippen LogP contribution in [0.3, 0.4) is 0 Å². The fourth-order valence-electron chi connectivity index (χ4n) is 6.14. The third kappa shape index (κ3) is 7.02. The van der Waals surface area contributed by atoms with Crippen LogP contribution in [0.15, 0.2) is 152 Å². The van der Waals surface area contributed by atoms with Gasteiger partial charge in [-0.05, 0) is 129 Å². The second kappa shape index (κ2) is 13.7. The molecule has 0 radical (unpaired) electrons. The highest BCUT2D eigenvalue weighted by Crippen LogP contribution is 2.38. The molecule has 0 spiro atoms. The van der Waals surface area contributed by atoms with E-state index in [1.807, 2.05) is 24.3 Å². The van der Waals surface area contributed by atoms with Crippen LogP contribution in [0.4, 0.5) is 38.5 Å². The number of fused-ring (bicyclic) bond motifs is 1. The Hall–Kier alpha value is -5.93. The molecule has 240 valence electrons. The first-order valence-electron chi connectivity index (χ1n) is 16.7. The summed E-state index contributed by atoms with van der Waals surface area (Å²) in [5.41, 5.74) is 12.4. The molecule has 7 rings (SSSR count). The zero-order chi connectivity index (χ0) is 33.9. The molecule has 0 N–H and O–H groups in total. The summed E-state index contributed by atoms with van der Waals surface area (Å²) < 4.78 is 15.7. The lowest BCUT2D eigenvalue weighted by atomic mass is 10.0. The fraction of sp³-hybridized carbons (Fsp3) is 0.0870. The number of benzene rings is 7. The Morgan fingerprint density at radius 1 is 0.367 bits per heavy atom. The molecule has 2 nitrogen and oxygen atoms in total. The van der Waals surface area contributed by atoms with Crippen LogP contribution in [-0.4, -0.2) is 0 Å². The summed E-state index contributed by atoms with van der Waals surface area (Å²) in [6, 6.07) is 52.3. The third-order valence-electron chi connectivity index (χ3n) is 8.97. The van der Waals surface area contributed by atoms with Gasteiger partial charge in [-0.15, -0.1) is 0 Å². The van der Waals surface area contributed by atoms with Crippen molar-refractivity contribution < 1.29 is 4.39 Å². The molecule has 0 saturated heterocycles. The summed E-state index contributed by atoms with van der Waals surface area (Å²) in [7, 11) is 0. The average Bonchev–Trinajstić information content (AvgIpc) is 3.11. The van der Waals surface area contributed by atoms with Crippen molar-refractivity contribution in [1.82, 2.24) is 0 Å². The molecule has 3 heteroatoms. The maximum Gasteiger partial charge on any atom is 0.132 e. The van der Waals surface area contributed by atoms with Crippen LogP contribution in [-0.2, 0) is 0 Å². The molecule has 0 aliphatic heterocycles. The lowest BCUT2D eigenvalue weighted by Crippen LogP contribution is -2.10. The van der Waals surface area contributed by atoms with Gasteiger partial charge in [0.2, 0.25) is 0 Å². The van der Waals surface area contributed by atoms with Gasteiger partial charge in [0.05, 0.1) is 0 Å². The van der Waals surface area contributed by atoms with Crippen LogP contribution in [0.25, 0.3) is 22.9 Å². The van der Waals surface area contributed by atoms with Gasteiger partial charge in [-0.25, -0.2) is 4.39 Å². The summed E-state index contributed by atoms with van der Waals surface area (Å²) in [5, 5.41) is 2.27. The molecule has 7 aromatic rings. The standard InChI is InChI=1S/C46H39FN2/c1-32-5-19-40(20-6-32)48(41-21-7-33(2)8-22-41)44-28-18-38-29-36(14-16-39(38)30-44)13-15-37-17-27-45(31-46(37)47)49(42-23-9-34(3)10-24-42)43-25-11-35(4)12-26-43/h5-31H,1-4H3/b15-13+. The fourth-order valence-corrected chi connectivity index (χ4v) is 6.14. The van der Waals surface area contributed by atoms with E-state index in [4.69, 9.17) is 0 Å². The van der Waals surface area contributed by atoms with Crippen LogP contribution < -0.4 is 9.80 Å². The minimum atomic E-state index is -0.268. The molecule has 0 bridgehead atoms. The monoisotopic (exact) mass is 638 g/mol. The van der Waals surface area contributed by atoms with E-state index in [1.165, 1.54) is 22.3 Å². The number of aryl methyl sites for hydroxylation is 4. The molecule has 0 atom stereocenters. The minimum Gasteiger partial charge on any atom is -0.310 e. The predicted octanol–water partition coefficient (Wildman–Crippen LogP) is 13.3. The molecule has 7 aromatic carbocycles. The molecule has 0 fully saturated rings. The van der Waals surface area contributed by atoms with Crippen molar-refractivity contribution in [3.8, 4) is 0 Å². The van der Waals surface area contributed by atoms with E-state index in [0.717, 1.165) is 50.5 Å². The maximum absolute atomic E-state index is 15.7. The van der Waals surface area contributed by atoms with Gasteiger partial charge in [0.15, 0.2) is 0 Å². The Labute approximate surface area is 289 Å². The predicted molar refractivity (Wildman–Crippen MR) is 208 cm³/mol. The Morgan fingerprint density at radius 3 is 1.18 bits per heavy atom. The van der Waals surface area contributed by atoms with Crippen LogP contribution in [0.1, 0.15) is 33.4 Å². The van der Waals surface area contributed by atoms with Crippen molar-refractivity contribution in [2.24, 2.45) is 0 Å². The van der Waals surface area contributed by atoms with Gasteiger partial charge in [-0.3, -0.25) is 0 Å². The molecule has 49 heavy (non-hydrogen) atoms. The van der Waals surface area contributed by atoms with E-state index < -0.39 is 0 Å². The Balaban J connectivity index is 1.16. The molecular formula is C46H39FN2. The van der Waals surface area contributed by atoms with Crippen molar-refractivity contribution in [3.05, 3.63) is 191 Å². The summed E-state index contributed by atoms with van der Waals surface area (Å²) in [5.74, 6) is -0.268. The topological polar surface area (TPSA) is 6.48 Å². The summed E-state index contributed by atoms with van der Waals surface area (Å²) in [6.07, 6.45) is 3.83. The van der Waals surface area contributed by atoms with E-state index in [-0.39, 0.29) is 5.82 Å². The number of hydrogen-bond acceptors (Lipinski definition) is 2. The second-order valence-electron chi connectivity index (χ2n) is 12.8. The zero-order valence-electron chi connectivity index (χ0n) is 28.4. The van der Waals surface area contributed by atoms with Gasteiger partial charge in [0.25, 0.3) is 0 Å². The van der Waals surface area contributed by atoms with Crippen LogP contribution in [0.5, 0.6) is 0 Å². The number of rotatable bonds is 8. The van der Waals surface area contributed by atoms with Crippen molar-refractivity contribution in [1.29, 1.82) is 0 Å². The summed E-state index contributed by atoms with van der Waals surface area (Å²) in [6.45, 7) is 8.36. The van der Waals surface area contributed by atoms with E-state index in [9.17, 15) is 0 Å². The SMILES string of the molecule is Cc1ccc(N(c2ccc(C)cc2)c2ccc(/C=C/c3ccc4cc(N(c5ccc(C)cc5)c5ccc(C)cc5)ccc4c3)c(F)c2)cc1. The highest BCUT2D eigenvalue weighted by atomic mass is 19.1. The number of anilines is 6. The number of hydrogen-bond donors (Lipinski definition) is 0. The summed E-state index contributed by atoms with van der Waals surface area (Å²) >= 11 is 0. The third-order valence-corrected chi connectivity index (χ3v) is 8.97. The number of halogens is 1. The van der Waals surface area contributed by atoms with E-state index in [0.29, 0.717) is 5.56 Å². The average molecular weight is 639 g/mol. The van der Waals surface area contributed by atoms with E-state index in [2.05, 4.69) is 171 Å². The highest BCUT2D eigenvalue weighted by molar-refractivity contribution is 5.91. The van der Waals surface area contributed by atoms with Crippen LogP contribution >= 0.6 is 0 Å². The van der Waals surface area contributed by atoms with Crippen LogP contribution in [0.2, 0.25) is 0 Å². The molecule has 0 aromatic heterocycles. The molecule has 0 heterocycles. The molecule has 0 saturated carbocycles. The Kier molecular flexibility index (Phi) is 8.83. The van der Waals surface area contributed by atoms with E-state index >= 15 is 4.39 Å².